The van der Waals surface area contributed by atoms with Crippen LogP contribution in [0.5, 0.6) is 0 Å². The molecular formula is C20H26N2O3. The van der Waals surface area contributed by atoms with Gasteiger partial charge in [0.2, 0.25) is 0 Å². The number of aliphatic hydroxyl groups excluding tert-OH is 1. The van der Waals surface area contributed by atoms with Crippen LogP contribution in [-0.4, -0.2) is 66.4 Å². The highest BCUT2D eigenvalue weighted by Crippen LogP contribution is 2.27. The molecule has 2 atom stereocenters. The Balaban J connectivity index is 1.42. The maximum Gasteiger partial charge on any atom is 0.134 e. The third-order valence-electron chi connectivity index (χ3n) is 5.34. The van der Waals surface area contributed by atoms with E-state index in [4.69, 9.17) is 9.15 Å². The van der Waals surface area contributed by atoms with Gasteiger partial charge in [0.15, 0.2) is 0 Å². The fourth-order valence-corrected chi connectivity index (χ4v) is 4.03. The SMILES string of the molecule is O[C@@H]1CN(Cc2ccccc2-c2ccco2)CC[C@H]1N1CCOCC1. The minimum atomic E-state index is -0.303. The summed E-state index contributed by atoms with van der Waals surface area (Å²) >= 11 is 0. The number of aliphatic hydroxyl groups is 1. The number of nitrogens with zero attached hydrogens (tertiary/aromatic N) is 2. The van der Waals surface area contributed by atoms with Crippen molar-refractivity contribution >= 4 is 0 Å². The first kappa shape index (κ1) is 16.8. The Labute approximate surface area is 148 Å². The molecule has 0 radical (unpaired) electrons. The summed E-state index contributed by atoms with van der Waals surface area (Å²) in [5.41, 5.74) is 2.38. The van der Waals surface area contributed by atoms with E-state index >= 15 is 0 Å². The molecule has 5 nitrogen and oxygen atoms in total. The number of benzene rings is 1. The molecule has 5 heteroatoms. The molecular weight excluding hydrogens is 316 g/mol. The van der Waals surface area contributed by atoms with Gasteiger partial charge in [-0.2, -0.15) is 0 Å². The van der Waals surface area contributed by atoms with E-state index in [1.807, 2.05) is 18.2 Å². The van der Waals surface area contributed by atoms with E-state index in [1.54, 1.807) is 6.26 Å². The van der Waals surface area contributed by atoms with Crippen LogP contribution in [0.1, 0.15) is 12.0 Å². The van der Waals surface area contributed by atoms with Gasteiger partial charge >= 0.3 is 0 Å². The van der Waals surface area contributed by atoms with Crippen molar-refractivity contribution in [1.82, 2.24) is 9.80 Å². The smallest absolute Gasteiger partial charge is 0.134 e. The summed E-state index contributed by atoms with van der Waals surface area (Å²) < 4.78 is 11.0. The maximum absolute atomic E-state index is 10.7. The zero-order chi connectivity index (χ0) is 17.1. The van der Waals surface area contributed by atoms with E-state index in [1.165, 1.54) is 5.56 Å². The van der Waals surface area contributed by atoms with E-state index < -0.39 is 0 Å². The van der Waals surface area contributed by atoms with Gasteiger partial charge in [0.1, 0.15) is 5.76 Å². The van der Waals surface area contributed by atoms with Crippen LogP contribution in [0.3, 0.4) is 0 Å². The van der Waals surface area contributed by atoms with Gasteiger partial charge in [0.05, 0.1) is 25.6 Å². The molecule has 2 aliphatic heterocycles. The fraction of sp³-hybridized carbons (Fsp3) is 0.500. The lowest BCUT2D eigenvalue weighted by Crippen LogP contribution is -2.56. The van der Waals surface area contributed by atoms with Gasteiger partial charge < -0.3 is 14.3 Å². The number of likely N-dealkylation sites (tertiary alicyclic amines) is 1. The molecule has 1 N–H and O–H groups in total. The predicted octanol–water partition coefficient (Wildman–Crippen LogP) is 2.21. The average Bonchev–Trinajstić information content (AvgIpc) is 3.18. The summed E-state index contributed by atoms with van der Waals surface area (Å²) in [5, 5.41) is 10.7. The number of furan rings is 1. The van der Waals surface area contributed by atoms with Crippen LogP contribution in [0.15, 0.2) is 47.1 Å². The van der Waals surface area contributed by atoms with E-state index in [-0.39, 0.29) is 12.1 Å². The Hall–Kier alpha value is -1.66. The normalized spacial score (nSPS) is 26.0. The number of hydrogen-bond acceptors (Lipinski definition) is 5. The van der Waals surface area contributed by atoms with Crippen molar-refractivity contribution in [1.29, 1.82) is 0 Å². The molecule has 0 spiro atoms. The highest BCUT2D eigenvalue weighted by atomic mass is 16.5. The fourth-order valence-electron chi connectivity index (χ4n) is 4.03. The monoisotopic (exact) mass is 342 g/mol. The topological polar surface area (TPSA) is 49.1 Å². The van der Waals surface area contributed by atoms with Gasteiger partial charge in [-0.3, -0.25) is 9.80 Å². The Morgan fingerprint density at radius 1 is 1.04 bits per heavy atom. The number of hydrogen-bond donors (Lipinski definition) is 1. The van der Waals surface area contributed by atoms with Crippen molar-refractivity contribution in [3.05, 3.63) is 48.2 Å². The van der Waals surface area contributed by atoms with E-state index in [9.17, 15) is 5.11 Å². The number of morpholine rings is 1. The molecule has 0 bridgehead atoms. The van der Waals surface area contributed by atoms with Gasteiger partial charge in [-0.15, -0.1) is 0 Å². The van der Waals surface area contributed by atoms with Gasteiger partial charge in [-0.25, -0.2) is 0 Å². The third-order valence-corrected chi connectivity index (χ3v) is 5.34. The molecule has 0 unspecified atom stereocenters. The first-order valence-electron chi connectivity index (χ1n) is 9.15. The molecule has 0 aliphatic carbocycles. The van der Waals surface area contributed by atoms with Crippen LogP contribution in [0.2, 0.25) is 0 Å². The summed E-state index contributed by atoms with van der Waals surface area (Å²) in [4.78, 5) is 4.74. The second-order valence-corrected chi connectivity index (χ2v) is 6.94. The molecule has 1 aromatic heterocycles. The highest BCUT2D eigenvalue weighted by Gasteiger charge is 2.32. The van der Waals surface area contributed by atoms with Crippen molar-refractivity contribution in [3.8, 4) is 11.3 Å². The van der Waals surface area contributed by atoms with Crippen molar-refractivity contribution < 1.29 is 14.3 Å². The summed E-state index contributed by atoms with van der Waals surface area (Å²) in [6.07, 6.45) is 2.41. The molecule has 2 aliphatic rings. The van der Waals surface area contributed by atoms with Gasteiger partial charge in [0.25, 0.3) is 0 Å². The van der Waals surface area contributed by atoms with E-state index in [0.717, 1.165) is 57.1 Å². The van der Waals surface area contributed by atoms with Gasteiger partial charge in [-0.05, 0) is 24.1 Å². The second kappa shape index (κ2) is 7.70. The minimum absolute atomic E-state index is 0.264. The zero-order valence-electron chi connectivity index (χ0n) is 14.5. The third kappa shape index (κ3) is 3.80. The van der Waals surface area contributed by atoms with E-state index in [2.05, 4.69) is 28.0 Å². The molecule has 3 heterocycles. The number of β-amino-alcohol motifs (C(OH)–C–C–N with tert-alkyl or cyclic N) is 1. The summed E-state index contributed by atoms with van der Waals surface area (Å²) in [6.45, 7) is 5.99. The number of ether oxygens (including phenoxy) is 1. The first-order valence-corrected chi connectivity index (χ1v) is 9.15. The van der Waals surface area contributed by atoms with Crippen LogP contribution >= 0.6 is 0 Å². The van der Waals surface area contributed by atoms with Gasteiger partial charge in [-0.1, -0.05) is 24.3 Å². The van der Waals surface area contributed by atoms with Crippen LogP contribution in [-0.2, 0) is 11.3 Å². The van der Waals surface area contributed by atoms with Crippen LogP contribution in [0.4, 0.5) is 0 Å². The Morgan fingerprint density at radius 2 is 1.88 bits per heavy atom. The zero-order valence-corrected chi connectivity index (χ0v) is 14.5. The van der Waals surface area contributed by atoms with Crippen LogP contribution in [0.25, 0.3) is 11.3 Å². The standard InChI is InChI=1S/C20H26N2O3/c23-19-15-21(8-7-18(19)22-9-12-24-13-10-22)14-16-4-1-2-5-17(16)20-6-3-11-25-20/h1-6,11,18-19,23H,7-10,12-15H2/t18-,19-/m1/s1. The van der Waals surface area contributed by atoms with Crippen molar-refractivity contribution in [2.75, 3.05) is 39.4 Å². The Kier molecular flexibility index (Phi) is 5.17. The van der Waals surface area contributed by atoms with Crippen LogP contribution < -0.4 is 0 Å². The number of rotatable bonds is 4. The molecule has 0 amide bonds. The molecule has 2 fully saturated rings. The summed E-state index contributed by atoms with van der Waals surface area (Å²) in [6, 6.07) is 12.5. The highest BCUT2D eigenvalue weighted by molar-refractivity contribution is 5.61. The average molecular weight is 342 g/mol. The van der Waals surface area contributed by atoms with Gasteiger partial charge in [0, 0.05) is 44.3 Å². The Morgan fingerprint density at radius 3 is 2.64 bits per heavy atom. The molecule has 2 saturated heterocycles. The molecule has 25 heavy (non-hydrogen) atoms. The predicted molar refractivity (Wildman–Crippen MR) is 96.2 cm³/mol. The molecule has 0 saturated carbocycles. The summed E-state index contributed by atoms with van der Waals surface area (Å²) in [5.74, 6) is 0.902. The molecule has 2 aromatic rings. The lowest BCUT2D eigenvalue weighted by Gasteiger charge is -2.43. The lowest BCUT2D eigenvalue weighted by atomic mass is 9.98. The minimum Gasteiger partial charge on any atom is -0.464 e. The molecule has 134 valence electrons. The van der Waals surface area contributed by atoms with Crippen molar-refractivity contribution in [2.24, 2.45) is 0 Å². The van der Waals surface area contributed by atoms with Crippen molar-refractivity contribution in [2.45, 2.75) is 25.1 Å². The lowest BCUT2D eigenvalue weighted by molar-refractivity contribution is -0.0533. The summed E-state index contributed by atoms with van der Waals surface area (Å²) in [7, 11) is 0. The molecule has 1 aromatic carbocycles. The Bertz CT molecular complexity index is 667. The first-order chi connectivity index (χ1) is 12.3. The second-order valence-electron chi connectivity index (χ2n) is 6.94. The largest absolute Gasteiger partial charge is 0.464 e. The van der Waals surface area contributed by atoms with E-state index in [0.29, 0.717) is 6.54 Å². The van der Waals surface area contributed by atoms with Crippen molar-refractivity contribution in [3.63, 3.8) is 0 Å². The van der Waals surface area contributed by atoms with Crippen LogP contribution in [0, 0.1) is 0 Å². The number of piperidine rings is 1. The quantitative estimate of drug-likeness (QED) is 0.923. The maximum atomic E-state index is 10.7. The molecule has 4 rings (SSSR count).